The van der Waals surface area contributed by atoms with Crippen molar-refractivity contribution in [1.29, 1.82) is 0 Å². The molecule has 0 spiro atoms. The van der Waals surface area contributed by atoms with E-state index in [2.05, 4.69) is 4.74 Å². The van der Waals surface area contributed by atoms with E-state index in [1.165, 1.54) is 4.83 Å². The van der Waals surface area contributed by atoms with Crippen molar-refractivity contribution in [3.63, 3.8) is 0 Å². The minimum atomic E-state index is -4.54. The Balaban J connectivity index is 3.02. The van der Waals surface area contributed by atoms with Gasteiger partial charge >= 0.3 is 6.09 Å². The second-order valence-electron chi connectivity index (χ2n) is 2.77. The summed E-state index contributed by atoms with van der Waals surface area (Å²) in [4.78, 5) is 10.9. The number of hydrogen-bond donors (Lipinski definition) is 2. The van der Waals surface area contributed by atoms with Crippen LogP contribution in [-0.4, -0.2) is 21.6 Å². The van der Waals surface area contributed by atoms with Crippen molar-refractivity contribution in [2.75, 3.05) is 7.11 Å². The molecule has 0 aliphatic rings. The van der Waals surface area contributed by atoms with Crippen LogP contribution in [0.4, 0.5) is 13.6 Å². The summed E-state index contributed by atoms with van der Waals surface area (Å²) in [5, 5.41) is 0. The van der Waals surface area contributed by atoms with Crippen LogP contribution in [0.3, 0.4) is 0 Å². The Morgan fingerprint density at radius 3 is 2.29 bits per heavy atom. The Bertz CT molecular complexity index is 512. The predicted molar refractivity (Wildman–Crippen MR) is 52.2 cm³/mol. The lowest BCUT2D eigenvalue weighted by Gasteiger charge is -2.08. The van der Waals surface area contributed by atoms with Gasteiger partial charge in [0.05, 0.1) is 7.11 Å². The van der Waals surface area contributed by atoms with Crippen LogP contribution in [0.15, 0.2) is 23.1 Å². The van der Waals surface area contributed by atoms with Gasteiger partial charge in [0, 0.05) is 0 Å². The molecule has 1 amide bonds. The van der Waals surface area contributed by atoms with E-state index < -0.39 is 32.6 Å². The molecule has 0 unspecified atom stereocenters. The molecule has 0 heterocycles. The molecule has 1 rings (SSSR count). The first-order chi connectivity index (χ1) is 7.88. The van der Waals surface area contributed by atoms with E-state index >= 15 is 0 Å². The molecular formula is C8H8F2N2O4S. The van der Waals surface area contributed by atoms with Gasteiger partial charge in [0.25, 0.3) is 10.0 Å². The van der Waals surface area contributed by atoms with Crippen molar-refractivity contribution >= 4 is 16.1 Å². The second kappa shape index (κ2) is 5.06. The summed E-state index contributed by atoms with van der Waals surface area (Å²) in [6.45, 7) is 0. The number of nitrogens with one attached hydrogen (secondary N) is 2. The summed E-state index contributed by atoms with van der Waals surface area (Å²) in [5.74, 6) is -2.55. The number of ether oxygens (including phenoxy) is 1. The Kier molecular flexibility index (Phi) is 3.97. The molecule has 6 nitrogen and oxygen atoms in total. The normalized spacial score (nSPS) is 11.0. The molecule has 1 aromatic rings. The summed E-state index contributed by atoms with van der Waals surface area (Å²) in [6, 6.07) is 2.56. The van der Waals surface area contributed by atoms with Crippen LogP contribution in [0.25, 0.3) is 0 Å². The van der Waals surface area contributed by atoms with Crippen LogP contribution in [0.1, 0.15) is 0 Å². The Morgan fingerprint density at radius 2 is 1.82 bits per heavy atom. The van der Waals surface area contributed by atoms with E-state index in [1.54, 1.807) is 5.43 Å². The number of hydrogen-bond acceptors (Lipinski definition) is 4. The minimum Gasteiger partial charge on any atom is -0.452 e. The minimum absolute atomic E-state index is 0.774. The first-order valence-corrected chi connectivity index (χ1v) is 5.66. The first-order valence-electron chi connectivity index (χ1n) is 4.18. The molecule has 0 aliphatic carbocycles. The van der Waals surface area contributed by atoms with Gasteiger partial charge in [-0.3, -0.25) is 0 Å². The van der Waals surface area contributed by atoms with Gasteiger partial charge in [-0.15, -0.1) is 4.83 Å². The van der Waals surface area contributed by atoms with E-state index in [0.717, 1.165) is 25.3 Å². The molecule has 2 N–H and O–H groups in total. The lowest BCUT2D eigenvalue weighted by Crippen LogP contribution is -2.42. The maximum atomic E-state index is 13.1. The number of hydrazine groups is 1. The number of benzene rings is 1. The smallest absolute Gasteiger partial charge is 0.422 e. The topological polar surface area (TPSA) is 84.5 Å². The van der Waals surface area contributed by atoms with Crippen molar-refractivity contribution in [2.24, 2.45) is 0 Å². The van der Waals surface area contributed by atoms with Crippen molar-refractivity contribution < 1.29 is 26.7 Å². The van der Waals surface area contributed by atoms with Crippen LogP contribution in [0, 0.1) is 11.6 Å². The fourth-order valence-corrected chi connectivity index (χ4v) is 1.92. The zero-order valence-corrected chi connectivity index (χ0v) is 9.35. The van der Waals surface area contributed by atoms with Gasteiger partial charge in [-0.25, -0.2) is 27.4 Å². The third kappa shape index (κ3) is 3.11. The molecule has 94 valence electrons. The van der Waals surface area contributed by atoms with E-state index in [9.17, 15) is 22.0 Å². The highest BCUT2D eigenvalue weighted by atomic mass is 32.2. The molecule has 17 heavy (non-hydrogen) atoms. The molecule has 0 aliphatic heterocycles. The Morgan fingerprint density at radius 1 is 1.29 bits per heavy atom. The van der Waals surface area contributed by atoms with Crippen LogP contribution in [0.2, 0.25) is 0 Å². The Hall–Kier alpha value is -1.74. The third-order valence-electron chi connectivity index (χ3n) is 1.66. The highest BCUT2D eigenvalue weighted by molar-refractivity contribution is 7.89. The number of methoxy groups -OCH3 is 1. The molecule has 0 atom stereocenters. The zero-order chi connectivity index (χ0) is 13.1. The van der Waals surface area contributed by atoms with Crippen molar-refractivity contribution in [2.45, 2.75) is 4.90 Å². The molecule has 0 radical (unpaired) electrons. The van der Waals surface area contributed by atoms with E-state index in [4.69, 9.17) is 0 Å². The average molecular weight is 266 g/mol. The Labute approximate surface area is 95.6 Å². The fourth-order valence-electron chi connectivity index (χ4n) is 0.950. The van der Waals surface area contributed by atoms with Crippen molar-refractivity contribution in [1.82, 2.24) is 10.3 Å². The maximum Gasteiger partial charge on any atom is 0.422 e. The molecular weight excluding hydrogens is 258 g/mol. The number of carbonyl (C=O) groups excluding carboxylic acids is 1. The summed E-state index contributed by atoms with van der Waals surface area (Å²) in [7, 11) is -3.55. The van der Waals surface area contributed by atoms with Crippen LogP contribution < -0.4 is 10.3 Å². The molecule has 9 heteroatoms. The quantitative estimate of drug-likeness (QED) is 0.781. The summed E-state index contributed by atoms with van der Waals surface area (Å²) in [6.07, 6.45) is -1.12. The number of rotatable bonds is 3. The van der Waals surface area contributed by atoms with Crippen LogP contribution >= 0.6 is 0 Å². The van der Waals surface area contributed by atoms with Gasteiger partial charge in [0.2, 0.25) is 0 Å². The first kappa shape index (κ1) is 13.3. The van der Waals surface area contributed by atoms with Gasteiger partial charge in [0.15, 0.2) is 4.90 Å². The summed E-state index contributed by atoms with van der Waals surface area (Å²) in [5.41, 5.74) is 1.59. The highest BCUT2D eigenvalue weighted by Crippen LogP contribution is 2.17. The standard InChI is InChI=1S/C8H8F2N2O4S/c1-16-8(13)11-12-17(14,15)7-5(9)3-2-4-6(7)10/h2-4,12H,1H3,(H,11,13). The highest BCUT2D eigenvalue weighted by Gasteiger charge is 2.24. The van der Waals surface area contributed by atoms with Crippen LogP contribution in [-0.2, 0) is 14.8 Å². The molecule has 0 aromatic heterocycles. The van der Waals surface area contributed by atoms with Gasteiger partial charge in [-0.1, -0.05) is 6.07 Å². The second-order valence-corrected chi connectivity index (χ2v) is 4.39. The number of carbonyl (C=O) groups is 1. The number of sulfonamides is 1. The van der Waals surface area contributed by atoms with Gasteiger partial charge in [0.1, 0.15) is 11.6 Å². The largest absolute Gasteiger partial charge is 0.452 e. The van der Waals surface area contributed by atoms with Gasteiger partial charge < -0.3 is 4.74 Å². The lowest BCUT2D eigenvalue weighted by molar-refractivity contribution is 0.169. The fraction of sp³-hybridized carbons (Fsp3) is 0.125. The van der Waals surface area contributed by atoms with Gasteiger partial charge in [-0.05, 0) is 12.1 Å². The lowest BCUT2D eigenvalue weighted by atomic mass is 10.3. The number of amides is 1. The van der Waals surface area contributed by atoms with E-state index in [-0.39, 0.29) is 0 Å². The average Bonchev–Trinajstić information content (AvgIpc) is 2.25. The van der Waals surface area contributed by atoms with Crippen molar-refractivity contribution in [3.05, 3.63) is 29.8 Å². The third-order valence-corrected chi connectivity index (χ3v) is 2.96. The zero-order valence-electron chi connectivity index (χ0n) is 8.53. The predicted octanol–water partition coefficient (Wildman–Crippen LogP) is 0.514. The van der Waals surface area contributed by atoms with Crippen LogP contribution in [0.5, 0.6) is 0 Å². The molecule has 0 saturated carbocycles. The molecule has 0 fully saturated rings. The summed E-state index contributed by atoms with van der Waals surface area (Å²) >= 11 is 0. The molecule has 1 aromatic carbocycles. The monoisotopic (exact) mass is 266 g/mol. The molecule has 0 bridgehead atoms. The number of halogens is 2. The molecule has 0 saturated heterocycles. The van der Waals surface area contributed by atoms with E-state index in [1.807, 2.05) is 0 Å². The SMILES string of the molecule is COC(=O)NNS(=O)(=O)c1c(F)cccc1F. The van der Waals surface area contributed by atoms with Gasteiger partial charge in [-0.2, -0.15) is 0 Å². The summed E-state index contributed by atoms with van der Waals surface area (Å²) < 4.78 is 53.2. The maximum absolute atomic E-state index is 13.1. The van der Waals surface area contributed by atoms with E-state index in [0.29, 0.717) is 0 Å². The van der Waals surface area contributed by atoms with Crippen molar-refractivity contribution in [3.8, 4) is 0 Å².